The van der Waals surface area contributed by atoms with E-state index in [4.69, 9.17) is 9.97 Å². The zero-order valence-corrected chi connectivity index (χ0v) is 22.2. The molecule has 0 saturated heterocycles. The molecule has 186 valence electrons. The van der Waals surface area contributed by atoms with E-state index in [1.807, 2.05) is 23.6 Å². The fraction of sp³-hybridized carbons (Fsp3) is 0. The highest BCUT2D eigenvalue weighted by Crippen LogP contribution is 2.43. The molecule has 0 aliphatic heterocycles. The molecule has 4 heteroatoms. The molecule has 0 spiro atoms. The Hall–Kier alpha value is -5.06. The summed E-state index contributed by atoms with van der Waals surface area (Å²) in [7, 11) is 0. The van der Waals surface area contributed by atoms with Crippen LogP contribution in [0.1, 0.15) is 0 Å². The number of para-hydroxylation sites is 2. The monoisotopic (exact) mass is 527 g/mol. The van der Waals surface area contributed by atoms with Gasteiger partial charge < -0.3 is 4.57 Å². The number of nitrogens with zero attached hydrogens (tertiary/aromatic N) is 3. The van der Waals surface area contributed by atoms with Crippen molar-refractivity contribution in [3.8, 4) is 16.9 Å². The molecule has 0 aliphatic rings. The zero-order chi connectivity index (χ0) is 26.2. The smallest absolute Gasteiger partial charge is 0.0972 e. The molecule has 0 radical (unpaired) electrons. The van der Waals surface area contributed by atoms with Crippen LogP contribution in [0.15, 0.2) is 128 Å². The lowest BCUT2D eigenvalue weighted by Crippen LogP contribution is -1.96. The van der Waals surface area contributed by atoms with Gasteiger partial charge in [-0.3, -0.25) is 4.98 Å². The Bertz CT molecular complexity index is 2390. The first-order valence-corrected chi connectivity index (χ1v) is 14.2. The van der Waals surface area contributed by atoms with E-state index in [-0.39, 0.29) is 0 Å². The van der Waals surface area contributed by atoms with E-state index in [9.17, 15) is 0 Å². The summed E-state index contributed by atoms with van der Waals surface area (Å²) in [6.45, 7) is 0. The van der Waals surface area contributed by atoms with Crippen LogP contribution >= 0.6 is 11.3 Å². The highest BCUT2D eigenvalue weighted by atomic mass is 32.1. The standard InChI is InChI=1S/C36H21N3S/c1-4-12-31-25(9-1)26-10-2-5-13-32(26)39(31)24-20-28-27-11-3-6-14-33(27)40-36(28)29(21-24)30-18-17-23-16-15-22-8-7-19-37-34(22)35(23)38-30/h1-21H. The summed E-state index contributed by atoms with van der Waals surface area (Å²) in [6, 6.07) is 43.4. The summed E-state index contributed by atoms with van der Waals surface area (Å²) in [4.78, 5) is 9.98. The van der Waals surface area contributed by atoms with Crippen molar-refractivity contribution < 1.29 is 0 Å². The van der Waals surface area contributed by atoms with Crippen molar-refractivity contribution in [2.24, 2.45) is 0 Å². The minimum absolute atomic E-state index is 0.937. The number of aromatic nitrogens is 3. The molecule has 4 aromatic heterocycles. The van der Waals surface area contributed by atoms with E-state index >= 15 is 0 Å². The van der Waals surface area contributed by atoms with Gasteiger partial charge in [0, 0.05) is 59.2 Å². The van der Waals surface area contributed by atoms with Gasteiger partial charge in [0.1, 0.15) is 0 Å². The molecule has 9 aromatic rings. The number of thiophene rings is 1. The largest absolute Gasteiger partial charge is 0.309 e. The third-order valence-corrected chi connectivity index (χ3v) is 9.23. The first-order valence-electron chi connectivity index (χ1n) is 13.4. The van der Waals surface area contributed by atoms with Gasteiger partial charge in [0.2, 0.25) is 0 Å². The number of pyridine rings is 2. The predicted molar refractivity (Wildman–Crippen MR) is 170 cm³/mol. The average molecular weight is 528 g/mol. The molecular weight excluding hydrogens is 506 g/mol. The first-order chi connectivity index (χ1) is 19.8. The molecule has 0 N–H and O–H groups in total. The number of fused-ring (bicyclic) bond motifs is 9. The van der Waals surface area contributed by atoms with Crippen LogP contribution in [0.25, 0.3) is 80.7 Å². The third-order valence-electron chi connectivity index (χ3n) is 8.01. The molecule has 0 atom stereocenters. The lowest BCUT2D eigenvalue weighted by Gasteiger charge is -2.12. The minimum atomic E-state index is 0.937. The molecule has 3 nitrogen and oxygen atoms in total. The molecule has 40 heavy (non-hydrogen) atoms. The summed E-state index contributed by atoms with van der Waals surface area (Å²) in [5.41, 5.74) is 7.53. The van der Waals surface area contributed by atoms with Crippen molar-refractivity contribution >= 4 is 75.1 Å². The average Bonchev–Trinajstić information content (AvgIpc) is 3.56. The third kappa shape index (κ3) is 3.05. The molecule has 0 bridgehead atoms. The molecule has 4 heterocycles. The summed E-state index contributed by atoms with van der Waals surface area (Å²) in [5, 5.41) is 7.26. The topological polar surface area (TPSA) is 30.7 Å². The van der Waals surface area contributed by atoms with Crippen molar-refractivity contribution in [2.45, 2.75) is 0 Å². The maximum atomic E-state index is 5.28. The van der Waals surface area contributed by atoms with Gasteiger partial charge in [-0.2, -0.15) is 0 Å². The van der Waals surface area contributed by atoms with E-state index in [0.29, 0.717) is 0 Å². The highest BCUT2D eigenvalue weighted by Gasteiger charge is 2.18. The number of hydrogen-bond donors (Lipinski definition) is 0. The van der Waals surface area contributed by atoms with Crippen LogP contribution in [-0.4, -0.2) is 14.5 Å². The van der Waals surface area contributed by atoms with Gasteiger partial charge in [-0.05, 0) is 42.5 Å². The maximum Gasteiger partial charge on any atom is 0.0972 e. The van der Waals surface area contributed by atoms with Gasteiger partial charge in [-0.1, -0.05) is 78.9 Å². The molecule has 9 rings (SSSR count). The van der Waals surface area contributed by atoms with Gasteiger partial charge in [0.15, 0.2) is 0 Å². The van der Waals surface area contributed by atoms with Crippen molar-refractivity contribution in [3.63, 3.8) is 0 Å². The Balaban J connectivity index is 1.42. The summed E-state index contributed by atoms with van der Waals surface area (Å²) < 4.78 is 4.94. The highest BCUT2D eigenvalue weighted by molar-refractivity contribution is 7.26. The lowest BCUT2D eigenvalue weighted by molar-refractivity contribution is 1.19. The second-order valence-electron chi connectivity index (χ2n) is 10.2. The van der Waals surface area contributed by atoms with Crippen molar-refractivity contribution in [1.29, 1.82) is 0 Å². The summed E-state index contributed by atoms with van der Waals surface area (Å²) in [5.74, 6) is 0. The normalized spacial score (nSPS) is 12.0. The molecule has 0 aliphatic carbocycles. The van der Waals surface area contributed by atoms with E-state index in [2.05, 4.69) is 120 Å². The Morgan fingerprint density at radius 2 is 1.23 bits per heavy atom. The van der Waals surface area contributed by atoms with Gasteiger partial charge in [0.05, 0.1) is 27.8 Å². The van der Waals surface area contributed by atoms with Crippen LogP contribution in [0.3, 0.4) is 0 Å². The van der Waals surface area contributed by atoms with Gasteiger partial charge >= 0.3 is 0 Å². The van der Waals surface area contributed by atoms with Gasteiger partial charge in [0.25, 0.3) is 0 Å². The Kier molecular flexibility index (Phi) is 4.48. The maximum absolute atomic E-state index is 5.28. The second kappa shape index (κ2) is 8.22. The van der Waals surface area contributed by atoms with Crippen LogP contribution < -0.4 is 0 Å². The summed E-state index contributed by atoms with van der Waals surface area (Å²) >= 11 is 1.84. The molecule has 0 amide bonds. The molecular formula is C36H21N3S. The fourth-order valence-corrected chi connectivity index (χ4v) is 7.41. The van der Waals surface area contributed by atoms with Gasteiger partial charge in [-0.25, -0.2) is 4.98 Å². The van der Waals surface area contributed by atoms with E-state index in [1.54, 1.807) is 0 Å². The molecule has 0 unspecified atom stereocenters. The van der Waals surface area contributed by atoms with Crippen LogP contribution in [0.2, 0.25) is 0 Å². The minimum Gasteiger partial charge on any atom is -0.309 e. The Labute approximate surface area is 233 Å². The van der Waals surface area contributed by atoms with Crippen molar-refractivity contribution in [3.05, 3.63) is 128 Å². The fourth-order valence-electron chi connectivity index (χ4n) is 6.21. The van der Waals surface area contributed by atoms with Crippen molar-refractivity contribution in [1.82, 2.24) is 14.5 Å². The SMILES string of the molecule is c1cnc2c(c1)ccc1ccc(-c3cc(-n4c5ccccc5c5ccccc54)cc4c3sc3ccccc34)nc12. The predicted octanol–water partition coefficient (Wildman–Crippen LogP) is 9.91. The Morgan fingerprint density at radius 1 is 0.550 bits per heavy atom. The molecule has 5 aromatic carbocycles. The number of hydrogen-bond acceptors (Lipinski definition) is 3. The van der Waals surface area contributed by atoms with Crippen LogP contribution in [0.5, 0.6) is 0 Å². The number of rotatable bonds is 2. The van der Waals surface area contributed by atoms with E-state index in [1.165, 1.54) is 42.0 Å². The summed E-state index contributed by atoms with van der Waals surface area (Å²) in [6.07, 6.45) is 1.85. The van der Waals surface area contributed by atoms with E-state index in [0.717, 1.165) is 38.8 Å². The van der Waals surface area contributed by atoms with Crippen LogP contribution in [0, 0.1) is 0 Å². The van der Waals surface area contributed by atoms with Crippen LogP contribution in [0.4, 0.5) is 0 Å². The van der Waals surface area contributed by atoms with Crippen molar-refractivity contribution in [2.75, 3.05) is 0 Å². The van der Waals surface area contributed by atoms with Gasteiger partial charge in [-0.15, -0.1) is 11.3 Å². The Morgan fingerprint density at radius 3 is 2.02 bits per heavy atom. The molecule has 0 fully saturated rings. The lowest BCUT2D eigenvalue weighted by atomic mass is 10.0. The second-order valence-corrected chi connectivity index (χ2v) is 11.3. The quantitative estimate of drug-likeness (QED) is 0.209. The van der Waals surface area contributed by atoms with E-state index < -0.39 is 0 Å². The first kappa shape index (κ1) is 21.8. The number of benzene rings is 5. The zero-order valence-electron chi connectivity index (χ0n) is 21.4. The van der Waals surface area contributed by atoms with Crippen LogP contribution in [-0.2, 0) is 0 Å². The molecule has 0 saturated carbocycles.